The number of amides is 1. The van der Waals surface area contributed by atoms with Crippen LogP contribution in [0.1, 0.15) is 22.8 Å². The molecule has 0 fully saturated rings. The first-order valence-electron chi connectivity index (χ1n) is 5.13. The van der Waals surface area contributed by atoms with Gasteiger partial charge in [0.25, 0.3) is 5.91 Å². The van der Waals surface area contributed by atoms with Crippen molar-refractivity contribution in [2.24, 2.45) is 0 Å². The second-order valence-corrected chi connectivity index (χ2v) is 5.72. The Morgan fingerprint density at radius 2 is 2.00 bits per heavy atom. The number of alkyl halides is 2. The highest BCUT2D eigenvalue weighted by Gasteiger charge is 2.25. The highest BCUT2D eigenvalue weighted by molar-refractivity contribution is 9.09. The lowest BCUT2D eigenvalue weighted by Gasteiger charge is -2.26. The maximum Gasteiger partial charge on any atom is 0.253 e. The van der Waals surface area contributed by atoms with E-state index in [2.05, 4.69) is 37.2 Å². The highest BCUT2D eigenvalue weighted by Crippen LogP contribution is 2.21. The number of hydrogen-bond acceptors (Lipinski definition) is 1. The largest absolute Gasteiger partial charge is 0.345 e. The van der Waals surface area contributed by atoms with Gasteiger partial charge < -0.3 is 5.32 Å². The number of carbonyl (C=O) groups excluding carboxylic acids is 1. The summed E-state index contributed by atoms with van der Waals surface area (Å²) in [6, 6.07) is 5.44. The molecule has 0 unspecified atom stereocenters. The average Bonchev–Trinajstić information content (AvgIpc) is 2.32. The summed E-state index contributed by atoms with van der Waals surface area (Å²) in [5.74, 6) is -0.153. The molecule has 0 spiro atoms. The van der Waals surface area contributed by atoms with Gasteiger partial charge in [0.05, 0.1) is 16.1 Å². The summed E-state index contributed by atoms with van der Waals surface area (Å²) >= 11 is 12.9. The van der Waals surface area contributed by atoms with Gasteiger partial charge in [-0.1, -0.05) is 55.6 Å². The molecule has 1 rings (SSSR count). The Morgan fingerprint density at radius 1 is 1.41 bits per heavy atom. The van der Waals surface area contributed by atoms with Crippen LogP contribution in [-0.2, 0) is 0 Å². The Balaban J connectivity index is 2.94. The molecule has 5 heteroatoms. The lowest BCUT2D eigenvalue weighted by Crippen LogP contribution is -2.49. The summed E-state index contributed by atoms with van der Waals surface area (Å²) in [5.41, 5.74) is 1.09. The highest BCUT2D eigenvalue weighted by atomic mass is 79.9. The lowest BCUT2D eigenvalue weighted by atomic mass is 10.1. The van der Waals surface area contributed by atoms with E-state index in [1.54, 1.807) is 6.07 Å². The Hall–Kier alpha value is -0.0600. The van der Waals surface area contributed by atoms with Crippen molar-refractivity contribution in [1.29, 1.82) is 0 Å². The number of rotatable bonds is 4. The summed E-state index contributed by atoms with van der Waals surface area (Å²) in [6.07, 6.45) is 0. The van der Waals surface area contributed by atoms with Crippen LogP contribution < -0.4 is 5.32 Å². The van der Waals surface area contributed by atoms with E-state index in [9.17, 15) is 4.79 Å². The van der Waals surface area contributed by atoms with Crippen molar-refractivity contribution in [3.05, 3.63) is 34.3 Å². The van der Waals surface area contributed by atoms with Crippen molar-refractivity contribution < 1.29 is 4.79 Å². The van der Waals surface area contributed by atoms with E-state index in [1.165, 1.54) is 0 Å². The molecule has 94 valence electrons. The van der Waals surface area contributed by atoms with Crippen LogP contribution in [0.15, 0.2) is 18.2 Å². The van der Waals surface area contributed by atoms with Crippen molar-refractivity contribution in [2.45, 2.75) is 19.4 Å². The van der Waals surface area contributed by atoms with Gasteiger partial charge >= 0.3 is 0 Å². The van der Waals surface area contributed by atoms with Crippen LogP contribution in [0.4, 0.5) is 0 Å². The fraction of sp³-hybridized carbons (Fsp3) is 0.417. The molecule has 1 N–H and O–H groups in total. The summed E-state index contributed by atoms with van der Waals surface area (Å²) in [4.78, 5) is 12.1. The molecule has 0 radical (unpaired) electrons. The fourth-order valence-electron chi connectivity index (χ4n) is 1.27. The lowest BCUT2D eigenvalue weighted by molar-refractivity contribution is 0.0923. The standard InChI is InChI=1S/C12H14Br2ClNO/c1-8-4-3-5-9(10(8)15)11(17)16-12(2,6-13)7-14/h3-5H,6-7H2,1-2H3,(H,16,17). The molecule has 0 atom stereocenters. The molecule has 17 heavy (non-hydrogen) atoms. The summed E-state index contributed by atoms with van der Waals surface area (Å²) in [7, 11) is 0. The molecule has 0 aliphatic heterocycles. The Bertz CT molecular complexity index is 419. The van der Waals surface area contributed by atoms with Gasteiger partial charge in [-0.2, -0.15) is 0 Å². The topological polar surface area (TPSA) is 29.1 Å². The number of aryl methyl sites for hydroxylation is 1. The fourth-order valence-corrected chi connectivity index (χ4v) is 2.69. The minimum Gasteiger partial charge on any atom is -0.345 e. The zero-order valence-electron chi connectivity index (χ0n) is 9.69. The molecule has 1 aromatic carbocycles. The van der Waals surface area contributed by atoms with E-state index in [0.717, 1.165) is 5.56 Å². The van der Waals surface area contributed by atoms with Crippen LogP contribution >= 0.6 is 43.5 Å². The van der Waals surface area contributed by atoms with E-state index in [-0.39, 0.29) is 11.4 Å². The number of benzene rings is 1. The first-order chi connectivity index (χ1) is 7.93. The van der Waals surface area contributed by atoms with Gasteiger partial charge in [-0.15, -0.1) is 0 Å². The summed E-state index contributed by atoms with van der Waals surface area (Å²) in [6.45, 7) is 3.84. The molecule has 0 aliphatic rings. The van der Waals surface area contributed by atoms with Crippen molar-refractivity contribution >= 4 is 49.4 Å². The Labute approximate surface area is 123 Å². The third-order valence-corrected chi connectivity index (χ3v) is 5.42. The minimum atomic E-state index is -0.329. The molecule has 2 nitrogen and oxygen atoms in total. The summed E-state index contributed by atoms with van der Waals surface area (Å²) < 4.78 is 0. The molecule has 1 amide bonds. The third kappa shape index (κ3) is 3.70. The number of halogens is 3. The van der Waals surface area contributed by atoms with E-state index >= 15 is 0 Å². The molecular formula is C12H14Br2ClNO. The van der Waals surface area contributed by atoms with Crippen LogP contribution in [0.3, 0.4) is 0 Å². The van der Waals surface area contributed by atoms with Gasteiger partial charge in [-0.3, -0.25) is 4.79 Å². The van der Waals surface area contributed by atoms with E-state index in [0.29, 0.717) is 21.2 Å². The third-order valence-electron chi connectivity index (χ3n) is 2.44. The minimum absolute atomic E-state index is 0.153. The van der Waals surface area contributed by atoms with Gasteiger partial charge in [-0.05, 0) is 25.5 Å². The normalized spacial score (nSPS) is 11.4. The van der Waals surface area contributed by atoms with Gasteiger partial charge in [0.2, 0.25) is 0 Å². The average molecular weight is 384 g/mol. The van der Waals surface area contributed by atoms with Gasteiger partial charge in [0, 0.05) is 10.7 Å². The van der Waals surface area contributed by atoms with Crippen molar-refractivity contribution in [3.8, 4) is 0 Å². The second-order valence-electron chi connectivity index (χ2n) is 4.22. The van der Waals surface area contributed by atoms with Gasteiger partial charge in [0.15, 0.2) is 0 Å². The molecule has 0 bridgehead atoms. The SMILES string of the molecule is Cc1cccc(C(=O)NC(C)(CBr)CBr)c1Cl. The molecule has 1 aromatic rings. The van der Waals surface area contributed by atoms with Crippen LogP contribution in [-0.4, -0.2) is 22.1 Å². The second kappa shape index (κ2) is 6.21. The predicted molar refractivity (Wildman–Crippen MR) is 79.6 cm³/mol. The maximum atomic E-state index is 12.1. The van der Waals surface area contributed by atoms with E-state index < -0.39 is 0 Å². The molecule has 0 aliphatic carbocycles. The van der Waals surface area contributed by atoms with Crippen LogP contribution in [0, 0.1) is 6.92 Å². The van der Waals surface area contributed by atoms with E-state index in [1.807, 2.05) is 26.0 Å². The Morgan fingerprint density at radius 3 is 2.53 bits per heavy atom. The quantitative estimate of drug-likeness (QED) is 0.785. The Kier molecular flexibility index (Phi) is 5.48. The molecule has 0 saturated carbocycles. The van der Waals surface area contributed by atoms with Crippen molar-refractivity contribution in [2.75, 3.05) is 10.7 Å². The van der Waals surface area contributed by atoms with Crippen LogP contribution in [0.5, 0.6) is 0 Å². The van der Waals surface area contributed by atoms with Crippen LogP contribution in [0.25, 0.3) is 0 Å². The number of hydrogen-bond donors (Lipinski definition) is 1. The smallest absolute Gasteiger partial charge is 0.253 e. The zero-order valence-corrected chi connectivity index (χ0v) is 13.6. The molecule has 0 aromatic heterocycles. The van der Waals surface area contributed by atoms with Gasteiger partial charge in [-0.25, -0.2) is 0 Å². The molecule has 0 saturated heterocycles. The zero-order chi connectivity index (χ0) is 13.1. The van der Waals surface area contributed by atoms with Crippen molar-refractivity contribution in [1.82, 2.24) is 5.32 Å². The van der Waals surface area contributed by atoms with Crippen molar-refractivity contribution in [3.63, 3.8) is 0 Å². The first kappa shape index (κ1) is 15.0. The maximum absolute atomic E-state index is 12.1. The van der Waals surface area contributed by atoms with Crippen LogP contribution in [0.2, 0.25) is 5.02 Å². The summed E-state index contributed by atoms with van der Waals surface area (Å²) in [5, 5.41) is 4.80. The molecule has 0 heterocycles. The monoisotopic (exact) mass is 381 g/mol. The predicted octanol–water partition coefficient (Wildman–Crippen LogP) is 3.93. The molecular weight excluding hydrogens is 369 g/mol. The van der Waals surface area contributed by atoms with E-state index in [4.69, 9.17) is 11.6 Å². The van der Waals surface area contributed by atoms with Gasteiger partial charge in [0.1, 0.15) is 0 Å². The number of nitrogens with one attached hydrogen (secondary N) is 1. The number of carbonyl (C=O) groups is 1. The first-order valence-corrected chi connectivity index (χ1v) is 7.75.